The van der Waals surface area contributed by atoms with Gasteiger partial charge in [0.25, 0.3) is 0 Å². The van der Waals surface area contributed by atoms with Gasteiger partial charge in [-0.3, -0.25) is 4.79 Å². The van der Waals surface area contributed by atoms with Crippen molar-refractivity contribution < 1.29 is 9.90 Å². The summed E-state index contributed by atoms with van der Waals surface area (Å²) in [5, 5.41) is 9.50. The van der Waals surface area contributed by atoms with Gasteiger partial charge in [0.15, 0.2) is 0 Å². The van der Waals surface area contributed by atoms with E-state index in [1.165, 1.54) is 0 Å². The number of rotatable bonds is 3. The lowest BCUT2D eigenvalue weighted by atomic mass is 9.87. The minimum atomic E-state index is -1.32. The molecule has 0 aromatic rings. The summed E-state index contributed by atoms with van der Waals surface area (Å²) >= 11 is 0. The molecule has 0 saturated heterocycles. The first-order chi connectivity index (χ1) is 4.45. The number of carbonyl (C=O) groups is 1. The zero-order chi connectivity index (χ0) is 8.36. The maximum atomic E-state index is 10.7. The smallest absolute Gasteiger partial charge is 0.249 e. The van der Waals surface area contributed by atoms with E-state index in [1.54, 1.807) is 20.8 Å². The summed E-state index contributed by atoms with van der Waals surface area (Å²) in [5.74, 6) is -0.750. The summed E-state index contributed by atoms with van der Waals surface area (Å²) in [6.45, 7) is 5.28. The van der Waals surface area contributed by atoms with Gasteiger partial charge in [-0.15, -0.1) is 0 Å². The maximum absolute atomic E-state index is 10.7. The molecule has 0 heterocycles. The van der Waals surface area contributed by atoms with Crippen molar-refractivity contribution in [1.82, 2.24) is 0 Å². The second kappa shape index (κ2) is 3.01. The average Bonchev–Trinajstić information content (AvgIpc) is 1.85. The monoisotopic (exact) mass is 145 g/mol. The van der Waals surface area contributed by atoms with E-state index < -0.39 is 11.5 Å². The fraction of sp³-hybridized carbons (Fsp3) is 0.857. The van der Waals surface area contributed by atoms with Crippen LogP contribution in [0.5, 0.6) is 0 Å². The summed E-state index contributed by atoms with van der Waals surface area (Å²) in [4.78, 5) is 10.7. The second-order valence-electron chi connectivity index (χ2n) is 2.80. The van der Waals surface area contributed by atoms with Crippen molar-refractivity contribution in [3.8, 4) is 0 Å². The van der Waals surface area contributed by atoms with Crippen molar-refractivity contribution in [3.05, 3.63) is 0 Å². The number of carbonyl (C=O) groups excluding carboxylic acids is 1. The molecule has 0 radical (unpaired) electrons. The van der Waals surface area contributed by atoms with Crippen LogP contribution in [0.4, 0.5) is 0 Å². The predicted octanol–water partition coefficient (Wildman–Crippen LogP) is 0.269. The Labute approximate surface area is 61.2 Å². The largest absolute Gasteiger partial charge is 0.380 e. The molecular formula is C7H15NO2. The van der Waals surface area contributed by atoms with Crippen molar-refractivity contribution in [2.24, 2.45) is 11.7 Å². The summed E-state index contributed by atoms with van der Waals surface area (Å²) in [6, 6.07) is 0. The predicted molar refractivity (Wildman–Crippen MR) is 39.3 cm³/mol. The highest BCUT2D eigenvalue weighted by Crippen LogP contribution is 2.19. The zero-order valence-corrected chi connectivity index (χ0v) is 6.72. The highest BCUT2D eigenvalue weighted by atomic mass is 16.3. The molecule has 3 nitrogen and oxygen atoms in total. The molecule has 10 heavy (non-hydrogen) atoms. The van der Waals surface area contributed by atoms with Crippen molar-refractivity contribution in [2.45, 2.75) is 32.8 Å². The van der Waals surface area contributed by atoms with Gasteiger partial charge in [-0.2, -0.15) is 0 Å². The van der Waals surface area contributed by atoms with Crippen LogP contribution in [0.3, 0.4) is 0 Å². The maximum Gasteiger partial charge on any atom is 0.249 e. The number of nitrogens with two attached hydrogens (primary N) is 1. The van der Waals surface area contributed by atoms with E-state index in [4.69, 9.17) is 5.73 Å². The van der Waals surface area contributed by atoms with Gasteiger partial charge in [-0.25, -0.2) is 0 Å². The molecule has 0 aromatic carbocycles. The first kappa shape index (κ1) is 9.43. The molecule has 0 spiro atoms. The molecule has 0 aromatic heterocycles. The van der Waals surface area contributed by atoms with Crippen LogP contribution in [0.25, 0.3) is 0 Å². The molecule has 60 valence electrons. The van der Waals surface area contributed by atoms with Gasteiger partial charge in [0.05, 0.1) is 0 Å². The van der Waals surface area contributed by atoms with Crippen molar-refractivity contribution in [2.75, 3.05) is 0 Å². The van der Waals surface area contributed by atoms with Crippen molar-refractivity contribution in [1.29, 1.82) is 0 Å². The summed E-state index contributed by atoms with van der Waals surface area (Å²) in [5.41, 5.74) is 3.67. The van der Waals surface area contributed by atoms with E-state index in [0.717, 1.165) is 0 Å². The summed E-state index contributed by atoms with van der Waals surface area (Å²) in [6.07, 6.45) is 0.375. The molecule has 0 bridgehead atoms. The van der Waals surface area contributed by atoms with Crippen molar-refractivity contribution >= 4 is 5.91 Å². The number of aliphatic hydroxyl groups is 1. The molecule has 0 fully saturated rings. The normalized spacial score (nSPS) is 16.9. The Morgan fingerprint density at radius 2 is 2.10 bits per heavy atom. The van der Waals surface area contributed by atoms with Crippen LogP contribution in [0.15, 0.2) is 0 Å². The molecule has 1 atom stereocenters. The number of hydrogen-bond donors (Lipinski definition) is 2. The van der Waals surface area contributed by atoms with Gasteiger partial charge >= 0.3 is 0 Å². The van der Waals surface area contributed by atoms with Gasteiger partial charge in [0, 0.05) is 0 Å². The molecule has 0 aliphatic heterocycles. The van der Waals surface area contributed by atoms with E-state index in [1.807, 2.05) is 0 Å². The van der Waals surface area contributed by atoms with Gasteiger partial charge < -0.3 is 10.8 Å². The Morgan fingerprint density at radius 1 is 1.70 bits per heavy atom. The SMILES string of the molecule is CC[C@@](O)(C(N)=O)C(C)C. The molecule has 0 saturated carbocycles. The topological polar surface area (TPSA) is 63.3 Å². The van der Waals surface area contributed by atoms with Gasteiger partial charge in [-0.05, 0) is 12.3 Å². The quantitative estimate of drug-likeness (QED) is 0.598. The van der Waals surface area contributed by atoms with Crippen LogP contribution in [0, 0.1) is 5.92 Å². The van der Waals surface area contributed by atoms with Crippen LogP contribution in [0.2, 0.25) is 0 Å². The van der Waals surface area contributed by atoms with Gasteiger partial charge in [0.2, 0.25) is 5.91 Å². The van der Waals surface area contributed by atoms with Crippen LogP contribution >= 0.6 is 0 Å². The van der Waals surface area contributed by atoms with Gasteiger partial charge in [0.1, 0.15) is 5.60 Å². The number of primary amides is 1. The molecule has 3 N–H and O–H groups in total. The lowest BCUT2D eigenvalue weighted by Crippen LogP contribution is -2.47. The Kier molecular flexibility index (Phi) is 2.84. The first-order valence-corrected chi connectivity index (χ1v) is 3.47. The average molecular weight is 145 g/mol. The van der Waals surface area contributed by atoms with E-state index in [0.29, 0.717) is 6.42 Å². The molecule has 0 aliphatic carbocycles. The first-order valence-electron chi connectivity index (χ1n) is 3.47. The fourth-order valence-corrected chi connectivity index (χ4v) is 0.867. The molecule has 0 aliphatic rings. The van der Waals surface area contributed by atoms with Crippen LogP contribution < -0.4 is 5.73 Å². The molecule has 3 heteroatoms. The zero-order valence-electron chi connectivity index (χ0n) is 6.72. The van der Waals surface area contributed by atoms with E-state index in [2.05, 4.69) is 0 Å². The van der Waals surface area contributed by atoms with Gasteiger partial charge in [-0.1, -0.05) is 20.8 Å². The van der Waals surface area contributed by atoms with Crippen LogP contribution in [-0.4, -0.2) is 16.6 Å². The third-order valence-corrected chi connectivity index (χ3v) is 1.92. The molecular weight excluding hydrogens is 130 g/mol. The Hall–Kier alpha value is -0.570. The third-order valence-electron chi connectivity index (χ3n) is 1.92. The van der Waals surface area contributed by atoms with E-state index >= 15 is 0 Å². The number of hydrogen-bond acceptors (Lipinski definition) is 2. The minimum absolute atomic E-state index is 0.116. The van der Waals surface area contributed by atoms with E-state index in [9.17, 15) is 9.90 Å². The highest BCUT2D eigenvalue weighted by molar-refractivity contribution is 5.83. The molecule has 0 rings (SSSR count). The van der Waals surface area contributed by atoms with Crippen LogP contribution in [0.1, 0.15) is 27.2 Å². The number of amides is 1. The standard InChI is InChI=1S/C7H15NO2/c1-4-7(10,5(2)3)6(8)9/h5,10H,4H2,1-3H3,(H2,8,9)/t7-/m0/s1. The lowest BCUT2D eigenvalue weighted by Gasteiger charge is -2.26. The fourth-order valence-electron chi connectivity index (χ4n) is 0.867. The third kappa shape index (κ3) is 1.48. The van der Waals surface area contributed by atoms with E-state index in [-0.39, 0.29) is 5.92 Å². The Bertz CT molecular complexity index is 134. The molecule has 0 unspecified atom stereocenters. The van der Waals surface area contributed by atoms with Crippen LogP contribution in [-0.2, 0) is 4.79 Å². The second-order valence-corrected chi connectivity index (χ2v) is 2.80. The molecule has 1 amide bonds. The Morgan fingerprint density at radius 3 is 2.10 bits per heavy atom. The lowest BCUT2D eigenvalue weighted by molar-refractivity contribution is -0.141. The minimum Gasteiger partial charge on any atom is -0.380 e. The highest BCUT2D eigenvalue weighted by Gasteiger charge is 2.34. The summed E-state index contributed by atoms with van der Waals surface area (Å²) in [7, 11) is 0. The summed E-state index contributed by atoms with van der Waals surface area (Å²) < 4.78 is 0. The Balaban J connectivity index is 4.38. The van der Waals surface area contributed by atoms with Crippen molar-refractivity contribution in [3.63, 3.8) is 0 Å².